The van der Waals surface area contributed by atoms with Crippen molar-refractivity contribution in [2.75, 3.05) is 0 Å². The van der Waals surface area contributed by atoms with Crippen molar-refractivity contribution in [1.82, 2.24) is 9.88 Å². The molecule has 8 heteroatoms. The van der Waals surface area contributed by atoms with Crippen LogP contribution >= 0.6 is 0 Å². The normalized spacial score (nSPS) is 12.8. The molecule has 0 aliphatic heterocycles. The number of carbonyl (C=O) groups is 3. The zero-order valence-electron chi connectivity index (χ0n) is 14.9. The number of imide groups is 1. The van der Waals surface area contributed by atoms with Crippen LogP contribution in [0.2, 0.25) is 0 Å². The second-order valence-electron chi connectivity index (χ2n) is 6.06. The highest BCUT2D eigenvalue weighted by molar-refractivity contribution is 6.13. The first-order valence-electron chi connectivity index (χ1n) is 8.31. The zero-order chi connectivity index (χ0) is 20.1. The Morgan fingerprint density at radius 2 is 1.70 bits per heavy atom. The lowest BCUT2D eigenvalue weighted by Crippen LogP contribution is -2.51. The van der Waals surface area contributed by atoms with Crippen LogP contribution in [0.3, 0.4) is 0 Å². The monoisotopic (exact) mass is 372 g/mol. The third-order valence-corrected chi connectivity index (χ3v) is 4.32. The second-order valence-corrected chi connectivity index (χ2v) is 6.06. The van der Waals surface area contributed by atoms with Gasteiger partial charge in [-0.25, -0.2) is 4.79 Å². The summed E-state index contributed by atoms with van der Waals surface area (Å²) in [5.74, 6) is -5.01. The lowest BCUT2D eigenvalue weighted by molar-refractivity contribution is -0.143. The summed E-state index contributed by atoms with van der Waals surface area (Å²) >= 11 is 0. The summed E-state index contributed by atoms with van der Waals surface area (Å²) in [6, 6.07) is 4.96. The third-order valence-electron chi connectivity index (χ3n) is 4.32. The minimum atomic E-state index is -1.45. The second kappa shape index (κ2) is 8.31. The van der Waals surface area contributed by atoms with Crippen molar-refractivity contribution in [2.45, 2.75) is 26.3 Å². The van der Waals surface area contributed by atoms with E-state index >= 15 is 0 Å². The fraction of sp³-hybridized carbons (Fsp3) is 0.263. The molecule has 8 nitrogen and oxygen atoms in total. The van der Waals surface area contributed by atoms with Crippen LogP contribution in [0.1, 0.15) is 41.0 Å². The molecule has 0 saturated carbocycles. The van der Waals surface area contributed by atoms with E-state index in [-0.39, 0.29) is 11.1 Å². The first-order chi connectivity index (χ1) is 12.8. The third kappa shape index (κ3) is 4.05. The Labute approximate surface area is 155 Å². The number of aromatic hydroxyl groups is 2. The van der Waals surface area contributed by atoms with E-state index in [0.29, 0.717) is 11.3 Å². The molecule has 0 spiro atoms. The number of amides is 2. The fourth-order valence-electron chi connectivity index (χ4n) is 2.64. The van der Waals surface area contributed by atoms with E-state index in [1.165, 1.54) is 42.7 Å². The predicted molar refractivity (Wildman–Crippen MR) is 95.4 cm³/mol. The Hall–Kier alpha value is -3.42. The van der Waals surface area contributed by atoms with E-state index in [4.69, 9.17) is 0 Å². The molecule has 2 atom stereocenters. The smallest absolute Gasteiger partial charge is 0.327 e. The number of hydrogen-bond acceptors (Lipinski definition) is 6. The van der Waals surface area contributed by atoms with E-state index in [2.05, 4.69) is 4.98 Å². The fourth-order valence-corrected chi connectivity index (χ4v) is 2.64. The summed E-state index contributed by atoms with van der Waals surface area (Å²) in [6.07, 6.45) is 3.10. The standard InChI is InChI=1S/C19H20N2O6/c1-3-11(2)15(19(26)27)21(17(24)12-7-9-20-10-8-12)18(25)13-5-4-6-14(22)16(13)23/h4-11,15,22-23H,3H2,1-2H3,(H,26,27)/t11-,15-/m0/s1. The van der Waals surface area contributed by atoms with Crippen molar-refractivity contribution in [3.05, 3.63) is 53.9 Å². The van der Waals surface area contributed by atoms with Crippen LogP contribution in [0, 0.1) is 5.92 Å². The molecule has 2 rings (SSSR count). The van der Waals surface area contributed by atoms with Gasteiger partial charge >= 0.3 is 5.97 Å². The molecule has 0 saturated heterocycles. The van der Waals surface area contributed by atoms with Crippen LogP contribution < -0.4 is 0 Å². The maximum absolute atomic E-state index is 13.1. The van der Waals surface area contributed by atoms with E-state index in [9.17, 15) is 29.7 Å². The molecule has 0 fully saturated rings. The van der Waals surface area contributed by atoms with Gasteiger partial charge in [-0.15, -0.1) is 0 Å². The molecule has 27 heavy (non-hydrogen) atoms. The molecule has 3 N–H and O–H groups in total. The number of benzene rings is 1. The van der Waals surface area contributed by atoms with Gasteiger partial charge in [0.2, 0.25) is 0 Å². The van der Waals surface area contributed by atoms with Gasteiger partial charge < -0.3 is 15.3 Å². The molecule has 0 unspecified atom stereocenters. The molecule has 2 amide bonds. The summed E-state index contributed by atoms with van der Waals surface area (Å²) < 4.78 is 0. The molecule has 0 aliphatic carbocycles. The first-order valence-corrected chi connectivity index (χ1v) is 8.31. The Bertz CT molecular complexity index is 853. The first kappa shape index (κ1) is 19.9. The maximum Gasteiger partial charge on any atom is 0.327 e. The molecule has 1 heterocycles. The van der Waals surface area contributed by atoms with Crippen LogP contribution in [0.15, 0.2) is 42.7 Å². The van der Waals surface area contributed by atoms with E-state index < -0.39 is 41.2 Å². The molecular formula is C19H20N2O6. The SMILES string of the molecule is CC[C@H](C)[C@@H](C(=O)O)N(C(=O)c1ccncc1)C(=O)c1cccc(O)c1O. The van der Waals surface area contributed by atoms with Gasteiger partial charge in [0.25, 0.3) is 11.8 Å². The van der Waals surface area contributed by atoms with Gasteiger partial charge in [-0.2, -0.15) is 0 Å². The van der Waals surface area contributed by atoms with Gasteiger partial charge in [-0.05, 0) is 30.2 Å². The lowest BCUT2D eigenvalue weighted by atomic mass is 9.95. The van der Waals surface area contributed by atoms with Gasteiger partial charge in [-0.3, -0.25) is 19.5 Å². The van der Waals surface area contributed by atoms with Crippen molar-refractivity contribution in [3.63, 3.8) is 0 Å². The van der Waals surface area contributed by atoms with Crippen molar-refractivity contribution in [2.24, 2.45) is 5.92 Å². The highest BCUT2D eigenvalue weighted by atomic mass is 16.4. The van der Waals surface area contributed by atoms with Crippen LogP contribution in [0.5, 0.6) is 11.5 Å². The van der Waals surface area contributed by atoms with Crippen molar-refractivity contribution >= 4 is 17.8 Å². The Kier molecular flexibility index (Phi) is 6.12. The van der Waals surface area contributed by atoms with Crippen LogP contribution in [-0.4, -0.2) is 49.0 Å². The molecule has 2 aromatic rings. The maximum atomic E-state index is 13.1. The quantitative estimate of drug-likeness (QED) is 0.524. The summed E-state index contributed by atoms with van der Waals surface area (Å²) in [7, 11) is 0. The Balaban J connectivity index is 2.61. The van der Waals surface area contributed by atoms with Crippen LogP contribution in [0.4, 0.5) is 0 Å². The number of aliphatic carboxylic acids is 1. The number of aromatic nitrogens is 1. The minimum absolute atomic E-state index is 0.0764. The Morgan fingerprint density at radius 1 is 1.07 bits per heavy atom. The summed E-state index contributed by atoms with van der Waals surface area (Å²) in [6.45, 7) is 3.35. The van der Waals surface area contributed by atoms with Gasteiger partial charge in [0.1, 0.15) is 6.04 Å². The summed E-state index contributed by atoms with van der Waals surface area (Å²) in [5, 5.41) is 29.4. The molecule has 0 radical (unpaired) electrons. The van der Waals surface area contributed by atoms with Gasteiger partial charge in [0.05, 0.1) is 5.56 Å². The molecule has 0 aliphatic rings. The molecule has 1 aromatic carbocycles. The van der Waals surface area contributed by atoms with Crippen LogP contribution in [-0.2, 0) is 4.79 Å². The van der Waals surface area contributed by atoms with E-state index in [0.717, 1.165) is 0 Å². The summed E-state index contributed by atoms with van der Waals surface area (Å²) in [4.78, 5) is 42.4. The zero-order valence-corrected chi connectivity index (χ0v) is 14.9. The van der Waals surface area contributed by atoms with Gasteiger partial charge in [0, 0.05) is 18.0 Å². The van der Waals surface area contributed by atoms with Gasteiger partial charge in [0.15, 0.2) is 11.5 Å². The predicted octanol–water partition coefficient (Wildman–Crippen LogP) is 2.27. The number of phenolic OH excluding ortho intramolecular Hbond substituents is 2. The topological polar surface area (TPSA) is 128 Å². The number of rotatable bonds is 6. The average molecular weight is 372 g/mol. The number of pyridine rings is 1. The number of hydrogen-bond donors (Lipinski definition) is 3. The molecule has 142 valence electrons. The molecule has 0 bridgehead atoms. The lowest BCUT2D eigenvalue weighted by Gasteiger charge is -2.31. The van der Waals surface area contributed by atoms with Gasteiger partial charge in [-0.1, -0.05) is 26.3 Å². The number of carboxylic acids is 1. The van der Waals surface area contributed by atoms with Crippen molar-refractivity contribution in [3.8, 4) is 11.5 Å². The minimum Gasteiger partial charge on any atom is -0.504 e. The van der Waals surface area contributed by atoms with Crippen molar-refractivity contribution < 1.29 is 29.7 Å². The van der Waals surface area contributed by atoms with E-state index in [1.54, 1.807) is 13.8 Å². The number of phenols is 2. The van der Waals surface area contributed by atoms with E-state index in [1.807, 2.05) is 0 Å². The highest BCUT2D eigenvalue weighted by Crippen LogP contribution is 2.31. The summed E-state index contributed by atoms with van der Waals surface area (Å²) in [5.41, 5.74) is -0.292. The van der Waals surface area contributed by atoms with Crippen LogP contribution in [0.25, 0.3) is 0 Å². The Morgan fingerprint density at radius 3 is 2.26 bits per heavy atom. The van der Waals surface area contributed by atoms with Crippen molar-refractivity contribution in [1.29, 1.82) is 0 Å². The number of carbonyl (C=O) groups excluding carboxylic acids is 2. The number of para-hydroxylation sites is 1. The highest BCUT2D eigenvalue weighted by Gasteiger charge is 2.39. The molecular weight excluding hydrogens is 352 g/mol. The number of carboxylic acid groups (broad SMARTS) is 1. The average Bonchev–Trinajstić information content (AvgIpc) is 2.67. The number of nitrogens with zero attached hydrogens (tertiary/aromatic N) is 2. The largest absolute Gasteiger partial charge is 0.504 e. The molecule has 1 aromatic heterocycles.